The second-order valence-corrected chi connectivity index (χ2v) is 5.61. The van der Waals surface area contributed by atoms with Gasteiger partial charge in [0.05, 0.1) is 0 Å². The highest BCUT2D eigenvalue weighted by Gasteiger charge is 2.23. The first-order chi connectivity index (χ1) is 9.82. The van der Waals surface area contributed by atoms with Crippen LogP contribution in [0.2, 0.25) is 0 Å². The Bertz CT molecular complexity index is 497. The van der Waals surface area contributed by atoms with Gasteiger partial charge >= 0.3 is 5.97 Å². The minimum Gasteiger partial charge on any atom is -0.483 e. The zero-order chi connectivity index (χ0) is 16.0. The van der Waals surface area contributed by atoms with E-state index in [1.165, 1.54) is 0 Å². The van der Waals surface area contributed by atoms with E-state index in [-0.39, 0.29) is 18.4 Å². The van der Waals surface area contributed by atoms with Crippen LogP contribution in [-0.2, 0) is 9.59 Å². The molecule has 0 radical (unpaired) electrons. The van der Waals surface area contributed by atoms with Gasteiger partial charge in [-0.05, 0) is 23.5 Å². The van der Waals surface area contributed by atoms with Gasteiger partial charge in [-0.15, -0.1) is 0 Å². The van der Waals surface area contributed by atoms with Crippen LogP contribution in [0, 0.1) is 5.92 Å². The third-order valence-corrected chi connectivity index (χ3v) is 3.15. The summed E-state index contributed by atoms with van der Waals surface area (Å²) in [5.74, 6) is -0.726. The van der Waals surface area contributed by atoms with Crippen LogP contribution in [0.15, 0.2) is 24.3 Å². The fourth-order valence-electron chi connectivity index (χ4n) is 1.96. The minimum absolute atomic E-state index is 0.186. The van der Waals surface area contributed by atoms with Crippen molar-refractivity contribution in [2.45, 2.75) is 39.7 Å². The molecule has 5 heteroatoms. The van der Waals surface area contributed by atoms with Crippen molar-refractivity contribution in [1.82, 2.24) is 5.32 Å². The molecule has 0 saturated carbocycles. The van der Waals surface area contributed by atoms with Crippen molar-refractivity contribution in [3.8, 4) is 5.75 Å². The molecule has 1 amide bonds. The number of carboxylic acid groups (broad SMARTS) is 1. The quantitative estimate of drug-likeness (QED) is 0.809. The Kier molecular flexibility index (Phi) is 6.21. The summed E-state index contributed by atoms with van der Waals surface area (Å²) in [6.45, 7) is 7.38. The molecule has 0 aromatic heterocycles. The maximum Gasteiger partial charge on any atom is 0.326 e. The Hall–Kier alpha value is -2.04. The van der Waals surface area contributed by atoms with E-state index in [0.717, 1.165) is 5.56 Å². The first kappa shape index (κ1) is 17.0. The molecule has 0 bridgehead atoms. The molecule has 1 rings (SSSR count). The molecule has 0 aliphatic rings. The smallest absolute Gasteiger partial charge is 0.326 e. The van der Waals surface area contributed by atoms with Crippen LogP contribution in [0.4, 0.5) is 0 Å². The molecule has 0 fully saturated rings. The van der Waals surface area contributed by atoms with E-state index in [0.29, 0.717) is 5.75 Å². The van der Waals surface area contributed by atoms with E-state index in [1.54, 1.807) is 19.9 Å². The molecule has 2 N–H and O–H groups in total. The molecule has 1 aromatic carbocycles. The van der Waals surface area contributed by atoms with Gasteiger partial charge in [-0.25, -0.2) is 4.79 Å². The van der Waals surface area contributed by atoms with Crippen LogP contribution in [0.3, 0.4) is 0 Å². The number of hydrogen-bond acceptors (Lipinski definition) is 3. The highest BCUT2D eigenvalue weighted by atomic mass is 16.5. The van der Waals surface area contributed by atoms with Gasteiger partial charge in [0, 0.05) is 0 Å². The van der Waals surface area contributed by atoms with Crippen LogP contribution in [-0.4, -0.2) is 29.6 Å². The zero-order valence-corrected chi connectivity index (χ0v) is 12.9. The van der Waals surface area contributed by atoms with Gasteiger partial charge in [-0.2, -0.15) is 0 Å². The predicted octanol–water partition coefficient (Wildman–Crippen LogP) is 2.41. The zero-order valence-electron chi connectivity index (χ0n) is 12.9. The summed E-state index contributed by atoms with van der Waals surface area (Å²) in [5, 5.41) is 11.5. The summed E-state index contributed by atoms with van der Waals surface area (Å²) >= 11 is 0. The molecule has 0 saturated heterocycles. The van der Waals surface area contributed by atoms with Crippen molar-refractivity contribution < 1.29 is 19.4 Å². The van der Waals surface area contributed by atoms with E-state index in [1.807, 2.05) is 32.0 Å². The van der Waals surface area contributed by atoms with Crippen molar-refractivity contribution in [1.29, 1.82) is 0 Å². The fraction of sp³-hybridized carbons (Fsp3) is 0.500. The number of benzene rings is 1. The standard InChI is InChI=1S/C16H23NO4/c1-10(2)12-7-5-6-8-13(12)21-9-14(18)17-15(11(3)4)16(19)20/h5-8,10-11,15H,9H2,1-4H3,(H,17,18)(H,19,20)/t15-/m0/s1. The number of para-hydroxylation sites is 1. The van der Waals surface area contributed by atoms with Gasteiger partial charge in [0.1, 0.15) is 11.8 Å². The van der Waals surface area contributed by atoms with Crippen molar-refractivity contribution in [3.63, 3.8) is 0 Å². The summed E-state index contributed by atoms with van der Waals surface area (Å²) in [7, 11) is 0. The van der Waals surface area contributed by atoms with Crippen LogP contribution >= 0.6 is 0 Å². The Labute approximate surface area is 125 Å². The van der Waals surface area contributed by atoms with Gasteiger partial charge in [0.15, 0.2) is 6.61 Å². The van der Waals surface area contributed by atoms with Gasteiger partial charge in [-0.3, -0.25) is 4.79 Å². The van der Waals surface area contributed by atoms with E-state index < -0.39 is 17.9 Å². The highest BCUT2D eigenvalue weighted by molar-refractivity contribution is 5.84. The maximum absolute atomic E-state index is 11.8. The molecule has 0 spiro atoms. The van der Waals surface area contributed by atoms with Crippen molar-refractivity contribution in [2.24, 2.45) is 5.92 Å². The molecular formula is C16H23NO4. The number of carbonyl (C=O) groups is 2. The molecule has 5 nitrogen and oxygen atoms in total. The van der Waals surface area contributed by atoms with Gasteiger partial charge in [0.2, 0.25) is 0 Å². The minimum atomic E-state index is -1.04. The van der Waals surface area contributed by atoms with E-state index >= 15 is 0 Å². The topological polar surface area (TPSA) is 75.6 Å². The molecular weight excluding hydrogens is 270 g/mol. The molecule has 0 aliphatic carbocycles. The average Bonchev–Trinajstić information content (AvgIpc) is 2.42. The lowest BCUT2D eigenvalue weighted by Crippen LogP contribution is -2.46. The van der Waals surface area contributed by atoms with Crippen LogP contribution in [0.1, 0.15) is 39.2 Å². The number of amides is 1. The summed E-state index contributed by atoms with van der Waals surface area (Å²) in [4.78, 5) is 22.9. The summed E-state index contributed by atoms with van der Waals surface area (Å²) < 4.78 is 5.52. The molecule has 0 aliphatic heterocycles. The number of ether oxygens (including phenoxy) is 1. The monoisotopic (exact) mass is 293 g/mol. The number of aliphatic carboxylic acids is 1. The van der Waals surface area contributed by atoms with Crippen molar-refractivity contribution in [2.75, 3.05) is 6.61 Å². The van der Waals surface area contributed by atoms with Crippen molar-refractivity contribution >= 4 is 11.9 Å². The van der Waals surface area contributed by atoms with Gasteiger partial charge < -0.3 is 15.2 Å². The Morgan fingerprint density at radius 1 is 1.19 bits per heavy atom. The van der Waals surface area contributed by atoms with Crippen LogP contribution in [0.25, 0.3) is 0 Å². The Morgan fingerprint density at radius 2 is 1.81 bits per heavy atom. The number of nitrogens with one attached hydrogen (secondary N) is 1. The lowest BCUT2D eigenvalue weighted by molar-refractivity contribution is -0.143. The average molecular weight is 293 g/mol. The first-order valence-electron chi connectivity index (χ1n) is 7.06. The third kappa shape index (κ3) is 5.10. The Morgan fingerprint density at radius 3 is 2.33 bits per heavy atom. The second-order valence-electron chi connectivity index (χ2n) is 5.61. The van der Waals surface area contributed by atoms with Crippen LogP contribution in [0.5, 0.6) is 5.75 Å². The lowest BCUT2D eigenvalue weighted by atomic mass is 10.0. The van der Waals surface area contributed by atoms with Crippen molar-refractivity contribution in [3.05, 3.63) is 29.8 Å². The molecule has 1 atom stereocenters. The largest absolute Gasteiger partial charge is 0.483 e. The molecule has 116 valence electrons. The SMILES string of the molecule is CC(C)c1ccccc1OCC(=O)N[C@H](C(=O)O)C(C)C. The van der Waals surface area contributed by atoms with E-state index in [4.69, 9.17) is 9.84 Å². The van der Waals surface area contributed by atoms with Crippen LogP contribution < -0.4 is 10.1 Å². The molecule has 0 heterocycles. The highest BCUT2D eigenvalue weighted by Crippen LogP contribution is 2.25. The molecule has 21 heavy (non-hydrogen) atoms. The third-order valence-electron chi connectivity index (χ3n) is 3.15. The molecule has 0 unspecified atom stereocenters. The number of hydrogen-bond donors (Lipinski definition) is 2. The molecule has 1 aromatic rings. The predicted molar refractivity (Wildman–Crippen MR) is 80.4 cm³/mol. The summed E-state index contributed by atoms with van der Waals surface area (Å²) in [5.41, 5.74) is 1.02. The maximum atomic E-state index is 11.8. The normalized spacial score (nSPS) is 12.3. The van der Waals surface area contributed by atoms with Gasteiger partial charge in [-0.1, -0.05) is 45.9 Å². The van der Waals surface area contributed by atoms with E-state index in [2.05, 4.69) is 5.32 Å². The number of carboxylic acids is 1. The van der Waals surface area contributed by atoms with E-state index in [9.17, 15) is 9.59 Å². The first-order valence-corrected chi connectivity index (χ1v) is 7.06. The summed E-state index contributed by atoms with van der Waals surface area (Å²) in [6.07, 6.45) is 0. The summed E-state index contributed by atoms with van der Waals surface area (Å²) in [6, 6.07) is 6.61. The van der Waals surface area contributed by atoms with Gasteiger partial charge in [0.25, 0.3) is 5.91 Å². The Balaban J connectivity index is 2.63. The lowest BCUT2D eigenvalue weighted by Gasteiger charge is -2.18. The fourth-order valence-corrected chi connectivity index (χ4v) is 1.96. The number of carbonyl (C=O) groups excluding carboxylic acids is 1. The number of rotatable bonds is 7. The second kappa shape index (κ2) is 7.67.